The van der Waals surface area contributed by atoms with Crippen LogP contribution in [0.5, 0.6) is 0 Å². The fourth-order valence-electron chi connectivity index (χ4n) is 0. The molecule has 0 rings (SSSR count). The largest absolute Gasteiger partial charge is 0.478 e. The summed E-state index contributed by atoms with van der Waals surface area (Å²) in [7, 11) is 0. The maximum Gasteiger partial charge on any atom is 0.330 e. The lowest BCUT2D eigenvalue weighted by atomic mass is 10.4. The van der Waals surface area contributed by atoms with E-state index in [4.69, 9.17) is 5.11 Å². The summed E-state index contributed by atoms with van der Waals surface area (Å²) in [5.41, 5.74) is 0.176. The molecule has 0 aromatic heterocycles. The van der Waals surface area contributed by atoms with Crippen molar-refractivity contribution in [1.29, 1.82) is 0 Å². The van der Waals surface area contributed by atoms with Crippen molar-refractivity contribution in [3.05, 3.63) is 19.1 Å². The number of carboxylic acid groups (broad SMARTS) is 1. The van der Waals surface area contributed by atoms with Gasteiger partial charge in [0.05, 0.1) is 0 Å². The topological polar surface area (TPSA) is 37.3 Å². The molecule has 0 aliphatic rings. The van der Waals surface area contributed by atoms with Crippen molar-refractivity contribution in [2.75, 3.05) is 0 Å². The molecule has 0 bridgehead atoms. The Labute approximate surface area is 67.0 Å². The third-order valence-electron chi connectivity index (χ3n) is 0.365. The van der Waals surface area contributed by atoms with Crippen LogP contribution in [-0.4, -0.2) is 22.0 Å². The smallest absolute Gasteiger partial charge is 0.330 e. The number of hydrogen-bond acceptors (Lipinski definition) is 1. The number of carboxylic acids is 1. The summed E-state index contributed by atoms with van der Waals surface area (Å²) in [6.07, 6.45) is 1.00. The minimum atomic E-state index is -0.935. The first-order chi connectivity index (χ1) is 4.06. The molecular weight excluding hydrogens is 144 g/mol. The second kappa shape index (κ2) is 11.3. The normalized spacial score (nSPS) is 6.30. The Morgan fingerprint density at radius 1 is 1.60 bits per heavy atom. The highest BCUT2D eigenvalue weighted by atomic mass is 28.1. The van der Waals surface area contributed by atoms with Crippen LogP contribution >= 0.6 is 0 Å². The Balaban J connectivity index is -0.000000107. The lowest BCUT2D eigenvalue weighted by Gasteiger charge is -1.79. The summed E-state index contributed by atoms with van der Waals surface area (Å²) in [6.45, 7) is 10.1. The molecule has 0 saturated carbocycles. The van der Waals surface area contributed by atoms with Gasteiger partial charge in [0.2, 0.25) is 0 Å². The van der Waals surface area contributed by atoms with Gasteiger partial charge >= 0.3 is 5.97 Å². The summed E-state index contributed by atoms with van der Waals surface area (Å²) in [6, 6.07) is 0. The third-order valence-corrected chi connectivity index (χ3v) is 0.365. The SMILES string of the molecule is C=C(C)C(=O)O.[CH2]CC.[SiH3]. The van der Waals surface area contributed by atoms with E-state index in [1.807, 2.05) is 6.92 Å². The molecule has 1 N–H and O–H groups in total. The van der Waals surface area contributed by atoms with Crippen molar-refractivity contribution < 1.29 is 9.90 Å². The zero-order valence-electron chi connectivity index (χ0n) is 6.98. The number of aliphatic carboxylic acids is 1. The van der Waals surface area contributed by atoms with Crippen LogP contribution in [0, 0.1) is 6.92 Å². The van der Waals surface area contributed by atoms with Crippen LogP contribution in [0.2, 0.25) is 0 Å². The van der Waals surface area contributed by atoms with E-state index in [1.165, 1.54) is 6.92 Å². The first-order valence-corrected chi connectivity index (χ1v) is 2.74. The van der Waals surface area contributed by atoms with Gasteiger partial charge in [-0.05, 0) is 17.9 Å². The van der Waals surface area contributed by atoms with Crippen molar-refractivity contribution >= 4 is 16.9 Å². The van der Waals surface area contributed by atoms with Gasteiger partial charge in [-0.15, -0.1) is 0 Å². The van der Waals surface area contributed by atoms with Crippen LogP contribution in [0.1, 0.15) is 20.3 Å². The van der Waals surface area contributed by atoms with Crippen LogP contribution in [0.3, 0.4) is 0 Å². The van der Waals surface area contributed by atoms with Crippen LogP contribution in [0.25, 0.3) is 0 Å². The fourth-order valence-corrected chi connectivity index (χ4v) is 0. The monoisotopic (exact) mass is 160 g/mol. The molecule has 0 unspecified atom stereocenters. The molecule has 0 atom stereocenters. The fraction of sp³-hybridized carbons (Fsp3) is 0.429. The molecule has 0 amide bonds. The molecular formula is C7H16O2Si. The van der Waals surface area contributed by atoms with Gasteiger partial charge in [0.15, 0.2) is 0 Å². The van der Waals surface area contributed by atoms with Crippen molar-refractivity contribution in [3.8, 4) is 0 Å². The molecule has 60 valence electrons. The van der Waals surface area contributed by atoms with E-state index < -0.39 is 5.97 Å². The minimum absolute atomic E-state index is 0. The first-order valence-electron chi connectivity index (χ1n) is 2.74. The Morgan fingerprint density at radius 3 is 1.70 bits per heavy atom. The van der Waals surface area contributed by atoms with Crippen LogP contribution in [-0.2, 0) is 4.79 Å². The van der Waals surface area contributed by atoms with Crippen molar-refractivity contribution in [2.24, 2.45) is 0 Å². The van der Waals surface area contributed by atoms with Crippen LogP contribution in [0.15, 0.2) is 12.2 Å². The summed E-state index contributed by atoms with van der Waals surface area (Å²) >= 11 is 0. The molecule has 0 aliphatic heterocycles. The maximum atomic E-state index is 9.60. The number of rotatable bonds is 1. The van der Waals surface area contributed by atoms with Crippen molar-refractivity contribution in [3.63, 3.8) is 0 Å². The second-order valence-electron chi connectivity index (χ2n) is 1.59. The van der Waals surface area contributed by atoms with E-state index in [0.29, 0.717) is 0 Å². The molecule has 2 radical (unpaired) electrons. The predicted molar refractivity (Wildman–Crippen MR) is 48.0 cm³/mol. The van der Waals surface area contributed by atoms with E-state index in [1.54, 1.807) is 0 Å². The molecule has 0 spiro atoms. The van der Waals surface area contributed by atoms with E-state index >= 15 is 0 Å². The van der Waals surface area contributed by atoms with Gasteiger partial charge in [-0.2, -0.15) is 0 Å². The Hall–Kier alpha value is -0.573. The maximum absolute atomic E-state index is 9.60. The zero-order chi connectivity index (χ0) is 7.86. The Kier molecular flexibility index (Phi) is 18.2. The van der Waals surface area contributed by atoms with Gasteiger partial charge in [-0.1, -0.05) is 26.8 Å². The van der Waals surface area contributed by atoms with Crippen LogP contribution in [0.4, 0.5) is 0 Å². The molecule has 10 heavy (non-hydrogen) atoms. The molecule has 0 aromatic rings. The van der Waals surface area contributed by atoms with Gasteiger partial charge < -0.3 is 5.11 Å². The summed E-state index contributed by atoms with van der Waals surface area (Å²) in [5, 5.41) is 7.89. The van der Waals surface area contributed by atoms with E-state index in [2.05, 4.69) is 13.5 Å². The van der Waals surface area contributed by atoms with Gasteiger partial charge in [0.25, 0.3) is 0 Å². The van der Waals surface area contributed by atoms with E-state index in [0.717, 1.165) is 6.42 Å². The zero-order valence-corrected chi connectivity index (χ0v) is 8.98. The Bertz CT molecular complexity index is 87.8. The van der Waals surface area contributed by atoms with Crippen molar-refractivity contribution in [1.82, 2.24) is 0 Å². The number of hydrogen-bond donors (Lipinski definition) is 1. The van der Waals surface area contributed by atoms with Gasteiger partial charge in [0, 0.05) is 5.57 Å². The van der Waals surface area contributed by atoms with Crippen LogP contribution < -0.4 is 0 Å². The summed E-state index contributed by atoms with van der Waals surface area (Å²) < 4.78 is 0. The van der Waals surface area contributed by atoms with Gasteiger partial charge in [-0.25, -0.2) is 4.79 Å². The van der Waals surface area contributed by atoms with Gasteiger partial charge in [0.1, 0.15) is 0 Å². The standard InChI is InChI=1S/C4H6O2.C3H7.H3Si/c1-3(2)4(5)6;1-3-2;/h1H2,2H3,(H,5,6);1,3H2,2H3;1H3. The molecule has 0 fully saturated rings. The highest BCUT2D eigenvalue weighted by Crippen LogP contribution is 1.81. The van der Waals surface area contributed by atoms with E-state index in [9.17, 15) is 4.79 Å². The molecule has 2 nitrogen and oxygen atoms in total. The second-order valence-corrected chi connectivity index (χ2v) is 1.59. The average Bonchev–Trinajstić information content (AvgIpc) is 1.68. The summed E-state index contributed by atoms with van der Waals surface area (Å²) in [4.78, 5) is 9.60. The van der Waals surface area contributed by atoms with Crippen molar-refractivity contribution in [2.45, 2.75) is 20.3 Å². The molecule has 0 saturated heterocycles. The third kappa shape index (κ3) is 26.1. The predicted octanol–water partition coefficient (Wildman–Crippen LogP) is 0.694. The average molecular weight is 160 g/mol. The highest BCUT2D eigenvalue weighted by Gasteiger charge is 1.90. The minimum Gasteiger partial charge on any atom is -0.478 e. The molecule has 0 aliphatic carbocycles. The van der Waals surface area contributed by atoms with Gasteiger partial charge in [-0.3, -0.25) is 0 Å². The Morgan fingerprint density at radius 2 is 1.70 bits per heavy atom. The molecule has 3 heteroatoms. The quantitative estimate of drug-likeness (QED) is 0.453. The molecule has 0 heterocycles. The number of carbonyl (C=O) groups is 1. The lowest BCUT2D eigenvalue weighted by Crippen LogP contribution is -1.92. The highest BCUT2D eigenvalue weighted by molar-refractivity contribution is 5.84. The van der Waals surface area contributed by atoms with E-state index in [-0.39, 0.29) is 16.5 Å². The lowest BCUT2D eigenvalue weighted by molar-refractivity contribution is -0.132. The molecule has 0 aromatic carbocycles. The summed E-state index contributed by atoms with van der Waals surface area (Å²) in [5.74, 6) is -0.935. The first kappa shape index (κ1) is 16.2.